The number of hydrogen-bond acceptors (Lipinski definition) is 2. The van der Waals surface area contributed by atoms with E-state index in [4.69, 9.17) is 10.7 Å². The molecule has 2 aliphatic carbocycles. The highest BCUT2D eigenvalue weighted by Gasteiger charge is 2.27. The predicted octanol–water partition coefficient (Wildman–Crippen LogP) is 13.7. The molecule has 286 valence electrons. The molecule has 59 heavy (non-hydrogen) atoms. The van der Waals surface area contributed by atoms with E-state index in [1.807, 2.05) is 17.4 Å². The lowest BCUT2D eigenvalue weighted by Gasteiger charge is -2.21. The van der Waals surface area contributed by atoms with Gasteiger partial charge in [-0.3, -0.25) is 4.57 Å². The smallest absolute Gasteiger partial charge is 0.205 e. The highest BCUT2D eigenvalue weighted by molar-refractivity contribution is 7.20. The van der Waals surface area contributed by atoms with Gasteiger partial charge in [0.2, 0.25) is 5.96 Å². The minimum absolute atomic E-state index is 0.141. The van der Waals surface area contributed by atoms with Gasteiger partial charge >= 0.3 is 0 Å². The van der Waals surface area contributed by atoms with Crippen molar-refractivity contribution in [3.8, 4) is 11.1 Å². The van der Waals surface area contributed by atoms with Crippen LogP contribution in [-0.4, -0.2) is 15.1 Å². The Hall–Kier alpha value is -6.69. The predicted molar refractivity (Wildman–Crippen MR) is 252 cm³/mol. The van der Waals surface area contributed by atoms with E-state index in [9.17, 15) is 0 Å². The van der Waals surface area contributed by atoms with Crippen molar-refractivity contribution in [2.45, 2.75) is 39.0 Å². The third kappa shape index (κ3) is 5.91. The molecule has 2 atom stereocenters. The average Bonchev–Trinajstić information content (AvgIpc) is 3.94. The summed E-state index contributed by atoms with van der Waals surface area (Å²) in [5.41, 5.74) is 21.6. The zero-order valence-electron chi connectivity index (χ0n) is 33.3. The third-order valence-electron chi connectivity index (χ3n) is 12.4. The van der Waals surface area contributed by atoms with Crippen LogP contribution in [0.25, 0.3) is 71.4 Å². The zero-order chi connectivity index (χ0) is 39.6. The average molecular weight is 781 g/mol. The maximum atomic E-state index is 7.16. The van der Waals surface area contributed by atoms with Gasteiger partial charge in [-0.2, -0.15) is 0 Å². The summed E-state index contributed by atoms with van der Waals surface area (Å²) in [6.07, 6.45) is 12.6. The van der Waals surface area contributed by atoms with Crippen molar-refractivity contribution in [2.75, 3.05) is 0 Å². The van der Waals surface area contributed by atoms with E-state index in [0.29, 0.717) is 11.9 Å². The number of nitrogens with zero attached hydrogens (tertiary/aromatic N) is 3. The molecule has 0 amide bonds. The van der Waals surface area contributed by atoms with Crippen LogP contribution >= 0.6 is 11.3 Å². The van der Waals surface area contributed by atoms with Crippen molar-refractivity contribution < 1.29 is 0 Å². The first-order chi connectivity index (χ1) is 29.0. The maximum absolute atomic E-state index is 7.16. The van der Waals surface area contributed by atoms with Gasteiger partial charge in [-0.1, -0.05) is 153 Å². The van der Waals surface area contributed by atoms with Crippen LogP contribution in [0.15, 0.2) is 169 Å². The van der Waals surface area contributed by atoms with Gasteiger partial charge in [0.1, 0.15) is 0 Å². The Labute approximate surface area is 348 Å². The van der Waals surface area contributed by atoms with Gasteiger partial charge in [0, 0.05) is 38.0 Å². The van der Waals surface area contributed by atoms with Crippen molar-refractivity contribution in [1.82, 2.24) is 9.13 Å². The molecule has 0 spiro atoms. The van der Waals surface area contributed by atoms with Gasteiger partial charge in [-0.15, -0.1) is 11.3 Å². The molecule has 0 aliphatic heterocycles. The summed E-state index contributed by atoms with van der Waals surface area (Å²) in [6, 6.07) is 52.2. The number of fused-ring (bicyclic) bond motifs is 9. The van der Waals surface area contributed by atoms with Crippen LogP contribution in [0.5, 0.6) is 0 Å². The molecule has 3 aromatic heterocycles. The summed E-state index contributed by atoms with van der Waals surface area (Å²) >= 11 is 1.94. The van der Waals surface area contributed by atoms with Crippen LogP contribution in [0.4, 0.5) is 0 Å². The molecular formula is C54H44N4S. The largest absolute Gasteiger partial charge is 0.369 e. The summed E-state index contributed by atoms with van der Waals surface area (Å²) in [7, 11) is 0. The topological polar surface area (TPSA) is 48.2 Å². The normalized spacial score (nSPS) is 16.2. The molecule has 2 unspecified atom stereocenters. The van der Waals surface area contributed by atoms with Crippen LogP contribution in [0.2, 0.25) is 0 Å². The number of thiophene rings is 1. The SMILES string of the molecule is CC1C=Cc2c(n(C3=CCCc4c3sc3ccccc43)c3ccc(-c4cccc5c4c4ccccc4n5C(N)=N/C(=C\C(C)c4ccccc4)c4ccccc4)cc23)C1. The van der Waals surface area contributed by atoms with Gasteiger partial charge < -0.3 is 10.3 Å². The highest BCUT2D eigenvalue weighted by Crippen LogP contribution is 2.45. The van der Waals surface area contributed by atoms with Crippen LogP contribution in [0, 0.1) is 5.92 Å². The fourth-order valence-electron chi connectivity index (χ4n) is 9.60. The van der Waals surface area contributed by atoms with E-state index in [2.05, 4.69) is 187 Å². The first-order valence-electron chi connectivity index (χ1n) is 20.8. The lowest BCUT2D eigenvalue weighted by Crippen LogP contribution is -2.22. The Morgan fingerprint density at radius 2 is 1.53 bits per heavy atom. The summed E-state index contributed by atoms with van der Waals surface area (Å²) in [6.45, 7) is 4.55. The molecule has 11 rings (SSSR count). The van der Waals surface area contributed by atoms with Crippen LogP contribution in [0.1, 0.15) is 59.0 Å². The Kier molecular flexibility index (Phi) is 8.60. The molecule has 2 N–H and O–H groups in total. The molecule has 0 saturated carbocycles. The van der Waals surface area contributed by atoms with Crippen molar-refractivity contribution in [2.24, 2.45) is 16.6 Å². The molecule has 0 bridgehead atoms. The molecule has 5 heteroatoms. The summed E-state index contributed by atoms with van der Waals surface area (Å²) in [5.74, 6) is 1.05. The molecule has 3 heterocycles. The van der Waals surface area contributed by atoms with Gasteiger partial charge in [0.15, 0.2) is 0 Å². The standard InChI is InChI=1S/C54H44N4S/c1-34-27-29-40-44-33-38(28-30-47(44)57(50(40)31-34)49-25-14-22-42-41-19-10-12-26-51(41)59-53(42)49)39-21-13-24-48-52(39)43-20-9-11-23-46(43)58(48)54(55)56-45(37-17-7-4-8-18-37)32-35(2)36-15-5-3-6-16-36/h3-13,15-21,23-30,32-35H,14,22,31H2,1-2H3,(H2,55,56)/b45-32-. The number of benzene rings is 6. The van der Waals surface area contributed by atoms with Crippen LogP contribution in [-0.2, 0) is 12.8 Å². The summed E-state index contributed by atoms with van der Waals surface area (Å²) in [4.78, 5) is 6.65. The number of hydrogen-bond donors (Lipinski definition) is 1. The summed E-state index contributed by atoms with van der Waals surface area (Å²) < 4.78 is 6.11. The third-order valence-corrected chi connectivity index (χ3v) is 13.6. The minimum atomic E-state index is 0.141. The molecule has 0 radical (unpaired) electrons. The molecule has 6 aromatic carbocycles. The van der Waals surface area contributed by atoms with Crippen LogP contribution in [0.3, 0.4) is 0 Å². The van der Waals surface area contributed by atoms with E-state index in [-0.39, 0.29) is 5.92 Å². The number of aromatic nitrogens is 2. The maximum Gasteiger partial charge on any atom is 0.205 e. The number of nitrogens with two attached hydrogens (primary N) is 1. The zero-order valence-corrected chi connectivity index (χ0v) is 34.1. The molecular weight excluding hydrogens is 737 g/mol. The van der Waals surface area contributed by atoms with E-state index >= 15 is 0 Å². The number of aliphatic imine (C=N–C) groups is 1. The Morgan fingerprint density at radius 3 is 2.37 bits per heavy atom. The van der Waals surface area contributed by atoms with E-state index in [1.54, 1.807) is 0 Å². The first-order valence-corrected chi connectivity index (χ1v) is 21.6. The Morgan fingerprint density at radius 1 is 0.780 bits per heavy atom. The van der Waals surface area contributed by atoms with E-state index < -0.39 is 0 Å². The molecule has 0 saturated heterocycles. The Bertz CT molecular complexity index is 3220. The Balaban J connectivity index is 1.08. The number of rotatable bonds is 6. The second-order valence-corrected chi connectivity index (χ2v) is 17.2. The first kappa shape index (κ1) is 35.5. The number of para-hydroxylation sites is 1. The van der Waals surface area contributed by atoms with Gasteiger partial charge in [0.05, 0.1) is 32.8 Å². The monoisotopic (exact) mass is 780 g/mol. The lowest BCUT2D eigenvalue weighted by atomic mass is 9.93. The van der Waals surface area contributed by atoms with Crippen molar-refractivity contribution in [3.05, 3.63) is 197 Å². The van der Waals surface area contributed by atoms with E-state index in [1.165, 1.54) is 70.5 Å². The second kappa shape index (κ2) is 14.3. The second-order valence-electron chi connectivity index (χ2n) is 16.1. The fourth-order valence-corrected chi connectivity index (χ4v) is 10.9. The molecule has 2 aliphatic rings. The van der Waals surface area contributed by atoms with Crippen molar-refractivity contribution >= 4 is 77.6 Å². The van der Waals surface area contributed by atoms with Crippen molar-refractivity contribution in [3.63, 3.8) is 0 Å². The van der Waals surface area contributed by atoms with Gasteiger partial charge in [-0.05, 0) is 88.7 Å². The molecule has 4 nitrogen and oxygen atoms in total. The van der Waals surface area contributed by atoms with E-state index in [0.717, 1.165) is 46.9 Å². The fraction of sp³-hybridized carbons (Fsp3) is 0.130. The highest BCUT2D eigenvalue weighted by atomic mass is 32.1. The molecule has 0 fully saturated rings. The van der Waals surface area contributed by atoms with Gasteiger partial charge in [0.25, 0.3) is 0 Å². The number of allylic oxidation sites excluding steroid dienone is 3. The van der Waals surface area contributed by atoms with Crippen molar-refractivity contribution in [1.29, 1.82) is 0 Å². The van der Waals surface area contributed by atoms with Crippen LogP contribution < -0.4 is 5.73 Å². The summed E-state index contributed by atoms with van der Waals surface area (Å²) in [5, 5.41) is 5.02. The van der Waals surface area contributed by atoms with Gasteiger partial charge in [-0.25, -0.2) is 4.99 Å². The minimum Gasteiger partial charge on any atom is -0.369 e. The quantitative estimate of drug-likeness (QED) is 0.133. The number of aryl methyl sites for hydroxylation is 1. The lowest BCUT2D eigenvalue weighted by molar-refractivity contribution is 0.692. The molecule has 9 aromatic rings.